The molecule has 1 unspecified atom stereocenters. The topological polar surface area (TPSA) is 76.1 Å². The average Bonchev–Trinajstić information content (AvgIpc) is 3.22. The van der Waals surface area contributed by atoms with Gasteiger partial charge in [-0.05, 0) is 53.9 Å². The van der Waals surface area contributed by atoms with E-state index in [4.69, 9.17) is 4.74 Å². The fraction of sp³-hybridized carbons (Fsp3) is 0.125. The molecule has 1 amide bonds. The molecule has 41 heavy (non-hydrogen) atoms. The smallest absolute Gasteiger partial charge is 0.507 e. The van der Waals surface area contributed by atoms with E-state index >= 15 is 0 Å². The van der Waals surface area contributed by atoms with Crippen LogP contribution in [-0.4, -0.2) is 23.2 Å². The molecule has 4 aromatic rings. The standard InChI is InChI=1S/C32H24F3NO5/c1-20-17-23(15-16-26(20)40-19-21-9-4-2-5-10-21)29(37)27-28(22-11-6-3-7-12-22)36(31(39)30(27)38)24-13-8-14-25(18-24)41-32(33,34)35/h2-18,28,37H,19H2,1H3/b29-27+. The predicted octanol–water partition coefficient (Wildman–Crippen LogP) is 7.10. The molecule has 0 saturated carbocycles. The van der Waals surface area contributed by atoms with Gasteiger partial charge in [-0.3, -0.25) is 14.5 Å². The van der Waals surface area contributed by atoms with Crippen molar-refractivity contribution in [2.45, 2.75) is 25.9 Å². The third-order valence-corrected chi connectivity index (χ3v) is 6.57. The van der Waals surface area contributed by atoms with E-state index in [0.29, 0.717) is 23.5 Å². The molecule has 5 rings (SSSR count). The summed E-state index contributed by atoms with van der Waals surface area (Å²) in [6.45, 7) is 2.12. The summed E-state index contributed by atoms with van der Waals surface area (Å²) in [7, 11) is 0. The number of ketones is 1. The number of aryl methyl sites for hydroxylation is 1. The van der Waals surface area contributed by atoms with Crippen molar-refractivity contribution in [3.63, 3.8) is 0 Å². The summed E-state index contributed by atoms with van der Waals surface area (Å²) in [6, 6.07) is 26.6. The number of aliphatic hydroxyl groups excluding tert-OH is 1. The third kappa shape index (κ3) is 5.94. The summed E-state index contributed by atoms with van der Waals surface area (Å²) in [5.41, 5.74) is 2.24. The van der Waals surface area contributed by atoms with Gasteiger partial charge in [0.15, 0.2) is 0 Å². The number of carbonyl (C=O) groups is 2. The van der Waals surface area contributed by atoms with E-state index in [0.717, 1.165) is 22.6 Å². The summed E-state index contributed by atoms with van der Waals surface area (Å²) >= 11 is 0. The second-order valence-electron chi connectivity index (χ2n) is 9.38. The summed E-state index contributed by atoms with van der Waals surface area (Å²) in [5.74, 6) is -2.36. The first-order valence-electron chi connectivity index (χ1n) is 12.6. The Morgan fingerprint density at radius 3 is 2.22 bits per heavy atom. The Balaban J connectivity index is 1.54. The summed E-state index contributed by atoms with van der Waals surface area (Å²) in [5, 5.41) is 11.4. The van der Waals surface area contributed by atoms with E-state index in [1.807, 2.05) is 30.3 Å². The summed E-state index contributed by atoms with van der Waals surface area (Å²) < 4.78 is 48.6. The second kappa shape index (κ2) is 11.2. The maximum absolute atomic E-state index is 13.4. The van der Waals surface area contributed by atoms with Crippen LogP contribution in [0.2, 0.25) is 0 Å². The first-order chi connectivity index (χ1) is 19.6. The van der Waals surface area contributed by atoms with E-state index in [1.54, 1.807) is 55.5 Å². The van der Waals surface area contributed by atoms with E-state index < -0.39 is 35.6 Å². The van der Waals surface area contributed by atoms with Crippen LogP contribution in [0.1, 0.15) is 28.3 Å². The van der Waals surface area contributed by atoms with Crippen molar-refractivity contribution in [3.05, 3.63) is 131 Å². The molecule has 1 atom stereocenters. The van der Waals surface area contributed by atoms with Gasteiger partial charge in [0.05, 0.1) is 11.6 Å². The van der Waals surface area contributed by atoms with E-state index in [-0.39, 0.29) is 16.8 Å². The number of alkyl halides is 3. The van der Waals surface area contributed by atoms with Crippen molar-refractivity contribution in [1.82, 2.24) is 0 Å². The monoisotopic (exact) mass is 559 g/mol. The number of Topliss-reactive ketones (excluding diaryl/α,β-unsaturated/α-hetero) is 1. The lowest BCUT2D eigenvalue weighted by molar-refractivity contribution is -0.274. The van der Waals surface area contributed by atoms with Gasteiger partial charge in [0.1, 0.15) is 23.9 Å². The van der Waals surface area contributed by atoms with Crippen LogP contribution in [-0.2, 0) is 16.2 Å². The quantitative estimate of drug-likeness (QED) is 0.149. The van der Waals surface area contributed by atoms with Crippen molar-refractivity contribution >= 4 is 23.1 Å². The molecule has 1 fully saturated rings. The molecule has 0 aromatic heterocycles. The maximum Gasteiger partial charge on any atom is 0.573 e. The minimum absolute atomic E-state index is 0.00240. The highest BCUT2D eigenvalue weighted by Gasteiger charge is 2.47. The van der Waals surface area contributed by atoms with Crippen LogP contribution in [0.3, 0.4) is 0 Å². The van der Waals surface area contributed by atoms with Crippen molar-refractivity contribution in [1.29, 1.82) is 0 Å². The number of amides is 1. The lowest BCUT2D eigenvalue weighted by Gasteiger charge is -2.26. The molecule has 1 heterocycles. The van der Waals surface area contributed by atoms with Gasteiger partial charge in [-0.25, -0.2) is 0 Å². The van der Waals surface area contributed by atoms with Crippen LogP contribution in [0.15, 0.2) is 109 Å². The summed E-state index contributed by atoms with van der Waals surface area (Å²) in [6.07, 6.45) is -4.94. The molecule has 208 valence electrons. The number of halogens is 3. The van der Waals surface area contributed by atoms with Gasteiger partial charge < -0.3 is 14.6 Å². The molecular weight excluding hydrogens is 535 g/mol. The predicted molar refractivity (Wildman–Crippen MR) is 146 cm³/mol. The Morgan fingerprint density at radius 2 is 1.56 bits per heavy atom. The molecule has 0 aliphatic carbocycles. The number of carbonyl (C=O) groups excluding carboxylic acids is 2. The zero-order chi connectivity index (χ0) is 29.1. The largest absolute Gasteiger partial charge is 0.573 e. The lowest BCUT2D eigenvalue weighted by Crippen LogP contribution is -2.29. The van der Waals surface area contributed by atoms with Gasteiger partial charge in [0, 0.05) is 17.3 Å². The van der Waals surface area contributed by atoms with Crippen molar-refractivity contribution in [3.8, 4) is 11.5 Å². The van der Waals surface area contributed by atoms with E-state index in [2.05, 4.69) is 4.74 Å². The Hall–Kier alpha value is -5.05. The molecule has 1 N–H and O–H groups in total. The van der Waals surface area contributed by atoms with Gasteiger partial charge in [-0.2, -0.15) is 0 Å². The number of hydrogen-bond donors (Lipinski definition) is 1. The summed E-state index contributed by atoms with van der Waals surface area (Å²) in [4.78, 5) is 27.8. The third-order valence-electron chi connectivity index (χ3n) is 6.57. The minimum atomic E-state index is -4.94. The molecule has 6 nitrogen and oxygen atoms in total. The first kappa shape index (κ1) is 27.5. The average molecular weight is 560 g/mol. The molecule has 1 saturated heterocycles. The van der Waals surface area contributed by atoms with Crippen LogP contribution < -0.4 is 14.4 Å². The highest BCUT2D eigenvalue weighted by Crippen LogP contribution is 2.43. The highest BCUT2D eigenvalue weighted by molar-refractivity contribution is 6.51. The van der Waals surface area contributed by atoms with Crippen LogP contribution in [0, 0.1) is 6.92 Å². The molecule has 4 aromatic carbocycles. The number of rotatable bonds is 7. The molecule has 9 heteroatoms. The number of hydrogen-bond acceptors (Lipinski definition) is 5. The zero-order valence-corrected chi connectivity index (χ0v) is 21.8. The Kier molecular flexibility index (Phi) is 7.52. The van der Waals surface area contributed by atoms with Gasteiger partial charge >= 0.3 is 6.36 Å². The Morgan fingerprint density at radius 1 is 0.878 bits per heavy atom. The van der Waals surface area contributed by atoms with Gasteiger partial charge in [0.25, 0.3) is 11.7 Å². The fourth-order valence-electron chi connectivity index (χ4n) is 4.73. The number of benzene rings is 4. The van der Waals surface area contributed by atoms with Crippen molar-refractivity contribution < 1.29 is 37.3 Å². The van der Waals surface area contributed by atoms with Crippen molar-refractivity contribution in [2.75, 3.05) is 4.90 Å². The van der Waals surface area contributed by atoms with Gasteiger partial charge in [0.2, 0.25) is 0 Å². The maximum atomic E-state index is 13.4. The number of aliphatic hydroxyl groups is 1. The van der Waals surface area contributed by atoms with E-state index in [1.165, 1.54) is 12.1 Å². The highest BCUT2D eigenvalue weighted by atomic mass is 19.4. The number of ether oxygens (including phenoxy) is 2. The normalized spacial score (nSPS) is 16.6. The lowest BCUT2D eigenvalue weighted by atomic mass is 9.94. The number of anilines is 1. The van der Waals surface area contributed by atoms with Crippen LogP contribution in [0.25, 0.3) is 5.76 Å². The molecule has 0 bridgehead atoms. The van der Waals surface area contributed by atoms with Crippen LogP contribution >= 0.6 is 0 Å². The minimum Gasteiger partial charge on any atom is -0.507 e. The van der Waals surface area contributed by atoms with Gasteiger partial charge in [-0.1, -0.05) is 66.7 Å². The fourth-order valence-corrected chi connectivity index (χ4v) is 4.73. The molecular formula is C32H24F3NO5. The second-order valence-corrected chi connectivity index (χ2v) is 9.38. The van der Waals surface area contributed by atoms with Crippen LogP contribution in [0.5, 0.6) is 11.5 Å². The molecule has 0 spiro atoms. The van der Waals surface area contributed by atoms with Crippen LogP contribution in [0.4, 0.5) is 18.9 Å². The molecule has 1 aliphatic heterocycles. The van der Waals surface area contributed by atoms with E-state index in [9.17, 15) is 27.9 Å². The molecule has 0 radical (unpaired) electrons. The Bertz CT molecular complexity index is 1620. The Labute approximate surface area is 233 Å². The van der Waals surface area contributed by atoms with Gasteiger partial charge in [-0.15, -0.1) is 13.2 Å². The van der Waals surface area contributed by atoms with Crippen molar-refractivity contribution in [2.24, 2.45) is 0 Å². The SMILES string of the molecule is Cc1cc(/C(O)=C2\C(=O)C(=O)N(c3cccc(OC(F)(F)F)c3)C2c2ccccc2)ccc1OCc1ccccc1. The zero-order valence-electron chi connectivity index (χ0n) is 21.8. The first-order valence-corrected chi connectivity index (χ1v) is 12.6. The molecule has 1 aliphatic rings. The number of nitrogens with zero attached hydrogens (tertiary/aromatic N) is 1.